The molecule has 3 saturated heterocycles. The van der Waals surface area contributed by atoms with E-state index in [1.165, 1.54) is 0 Å². The fourth-order valence-electron chi connectivity index (χ4n) is 5.21. The number of rotatable bonds is 3. The van der Waals surface area contributed by atoms with E-state index in [9.17, 15) is 9.90 Å². The first-order valence-electron chi connectivity index (χ1n) is 9.80. The minimum absolute atomic E-state index is 0.0524. The van der Waals surface area contributed by atoms with Crippen molar-refractivity contribution >= 4 is 22.4 Å². The van der Waals surface area contributed by atoms with E-state index in [2.05, 4.69) is 27.2 Å². The van der Waals surface area contributed by atoms with Crippen LogP contribution in [-0.4, -0.2) is 57.9 Å². The van der Waals surface area contributed by atoms with E-state index in [0.29, 0.717) is 18.3 Å². The highest BCUT2D eigenvalue weighted by Crippen LogP contribution is 2.43. The molecule has 0 radical (unpaired) electrons. The molecule has 3 aliphatic heterocycles. The normalized spacial score (nSPS) is 30.3. The minimum atomic E-state index is -0.0524. The van der Waals surface area contributed by atoms with Gasteiger partial charge in [-0.25, -0.2) is 0 Å². The van der Waals surface area contributed by atoms with Gasteiger partial charge >= 0.3 is 0 Å². The molecule has 0 aliphatic carbocycles. The summed E-state index contributed by atoms with van der Waals surface area (Å²) in [6.07, 6.45) is 3.75. The van der Waals surface area contributed by atoms with Gasteiger partial charge in [-0.05, 0) is 31.1 Å². The van der Waals surface area contributed by atoms with Crippen molar-refractivity contribution in [1.29, 1.82) is 0 Å². The van der Waals surface area contributed by atoms with Crippen molar-refractivity contribution in [2.75, 3.05) is 24.6 Å². The largest absolute Gasteiger partial charge is 0.394 e. The number of carbonyl (C=O) groups is 1. The molecule has 5 rings (SSSR count). The van der Waals surface area contributed by atoms with Gasteiger partial charge in [-0.3, -0.25) is 4.79 Å². The van der Waals surface area contributed by atoms with E-state index >= 15 is 0 Å². The molecule has 3 fully saturated rings. The third-order valence-corrected chi connectivity index (χ3v) is 7.42. The average molecular weight is 385 g/mol. The fourth-order valence-corrected chi connectivity index (χ4v) is 6.07. The quantitative estimate of drug-likeness (QED) is 0.880. The smallest absolute Gasteiger partial charge is 0.223 e. The van der Waals surface area contributed by atoms with Crippen molar-refractivity contribution in [3.05, 3.63) is 30.3 Å². The Hall–Kier alpha value is -1.99. The van der Waals surface area contributed by atoms with Crippen molar-refractivity contribution in [3.63, 3.8) is 0 Å². The van der Waals surface area contributed by atoms with Crippen LogP contribution < -0.4 is 4.90 Å². The summed E-state index contributed by atoms with van der Waals surface area (Å²) in [5.41, 5.74) is 1.09. The zero-order valence-corrected chi connectivity index (χ0v) is 16.0. The number of aliphatic hydroxyl groups is 1. The molecule has 3 aliphatic rings. The van der Waals surface area contributed by atoms with Gasteiger partial charge in [0.2, 0.25) is 11.0 Å². The fraction of sp³-hybridized carbons (Fsp3) is 0.550. The van der Waals surface area contributed by atoms with Crippen molar-refractivity contribution < 1.29 is 9.90 Å². The summed E-state index contributed by atoms with van der Waals surface area (Å²) in [6.45, 7) is 1.81. The van der Waals surface area contributed by atoms with E-state index in [1.807, 2.05) is 23.1 Å². The van der Waals surface area contributed by atoms with Gasteiger partial charge in [0.15, 0.2) is 0 Å². The van der Waals surface area contributed by atoms with Crippen LogP contribution in [0, 0.1) is 11.8 Å². The lowest BCUT2D eigenvalue weighted by atomic mass is 9.72. The maximum Gasteiger partial charge on any atom is 0.223 e. The van der Waals surface area contributed by atoms with Gasteiger partial charge in [0.05, 0.1) is 12.6 Å². The van der Waals surface area contributed by atoms with Gasteiger partial charge in [-0.2, -0.15) is 0 Å². The molecule has 2 aromatic rings. The first-order chi connectivity index (χ1) is 13.2. The Morgan fingerprint density at radius 1 is 1.15 bits per heavy atom. The summed E-state index contributed by atoms with van der Waals surface area (Å²) < 4.78 is 0. The van der Waals surface area contributed by atoms with Crippen molar-refractivity contribution in [1.82, 2.24) is 15.1 Å². The maximum atomic E-state index is 12.5. The van der Waals surface area contributed by atoms with Crippen LogP contribution in [0.2, 0.25) is 0 Å². The Bertz CT molecular complexity index is 812. The van der Waals surface area contributed by atoms with Gasteiger partial charge in [-0.1, -0.05) is 41.7 Å². The highest BCUT2D eigenvalue weighted by molar-refractivity contribution is 7.18. The molecule has 142 valence electrons. The third kappa shape index (κ3) is 2.93. The minimum Gasteiger partial charge on any atom is -0.394 e. The molecule has 1 aromatic carbocycles. The van der Waals surface area contributed by atoms with Crippen LogP contribution in [-0.2, 0) is 4.79 Å². The Kier molecular flexibility index (Phi) is 4.36. The lowest BCUT2D eigenvalue weighted by Crippen LogP contribution is -2.66. The molecule has 4 heterocycles. The molecule has 2 bridgehead atoms. The highest BCUT2D eigenvalue weighted by Gasteiger charge is 2.49. The van der Waals surface area contributed by atoms with Crippen LogP contribution in [0.5, 0.6) is 0 Å². The molecule has 1 aromatic heterocycles. The molecular weight excluding hydrogens is 360 g/mol. The molecular formula is C20H24N4O2S. The van der Waals surface area contributed by atoms with Gasteiger partial charge < -0.3 is 14.9 Å². The second kappa shape index (κ2) is 6.87. The predicted molar refractivity (Wildman–Crippen MR) is 105 cm³/mol. The van der Waals surface area contributed by atoms with Crippen molar-refractivity contribution in [2.45, 2.75) is 37.8 Å². The highest BCUT2D eigenvalue weighted by atomic mass is 32.1. The molecule has 1 amide bonds. The number of amides is 1. The zero-order chi connectivity index (χ0) is 18.4. The number of hydrogen-bond acceptors (Lipinski definition) is 6. The number of fused-ring (bicyclic) bond motifs is 4. The molecule has 0 unspecified atom stereocenters. The van der Waals surface area contributed by atoms with Crippen LogP contribution in [0.15, 0.2) is 30.3 Å². The number of hydrogen-bond donors (Lipinski definition) is 1. The number of benzene rings is 1. The summed E-state index contributed by atoms with van der Waals surface area (Å²) in [4.78, 5) is 16.9. The van der Waals surface area contributed by atoms with Crippen LogP contribution in [0.1, 0.15) is 25.7 Å². The van der Waals surface area contributed by atoms with Crippen LogP contribution in [0.25, 0.3) is 10.6 Å². The molecule has 7 heteroatoms. The zero-order valence-electron chi connectivity index (χ0n) is 15.2. The number of anilines is 1. The van der Waals surface area contributed by atoms with E-state index in [1.54, 1.807) is 11.3 Å². The topological polar surface area (TPSA) is 69.6 Å². The molecule has 1 N–H and O–H groups in total. The summed E-state index contributed by atoms with van der Waals surface area (Å²) in [5, 5.41) is 20.8. The number of aliphatic hydroxyl groups excluding tert-OH is 1. The molecule has 0 saturated carbocycles. The van der Waals surface area contributed by atoms with Crippen LogP contribution >= 0.6 is 11.3 Å². The summed E-state index contributed by atoms with van der Waals surface area (Å²) >= 11 is 1.63. The van der Waals surface area contributed by atoms with Gasteiger partial charge in [-0.15, -0.1) is 10.2 Å². The second-order valence-electron chi connectivity index (χ2n) is 7.93. The average Bonchev–Trinajstić information content (AvgIpc) is 3.20. The number of aromatic nitrogens is 2. The van der Waals surface area contributed by atoms with E-state index in [-0.39, 0.29) is 24.6 Å². The monoisotopic (exact) mass is 384 g/mol. The maximum absolute atomic E-state index is 12.5. The molecule has 27 heavy (non-hydrogen) atoms. The SMILES string of the molecule is O=C1CCC[C@H]2[C@@H]3C[C@@H](CN(c4nnc(-c5ccccc5)s4)C3)[C@H](CO)N12. The Labute approximate surface area is 162 Å². The molecule has 6 nitrogen and oxygen atoms in total. The van der Waals surface area contributed by atoms with Crippen molar-refractivity contribution in [2.24, 2.45) is 11.8 Å². The lowest BCUT2D eigenvalue weighted by Gasteiger charge is -2.56. The second-order valence-corrected chi connectivity index (χ2v) is 8.88. The van der Waals surface area contributed by atoms with Gasteiger partial charge in [0, 0.05) is 31.1 Å². The van der Waals surface area contributed by atoms with Gasteiger partial charge in [0.1, 0.15) is 5.01 Å². The van der Waals surface area contributed by atoms with E-state index in [4.69, 9.17) is 0 Å². The summed E-state index contributed by atoms with van der Waals surface area (Å²) in [6, 6.07) is 10.4. The van der Waals surface area contributed by atoms with E-state index in [0.717, 1.165) is 48.1 Å². The standard InChI is InChI=1S/C20H24N4O2S/c25-12-17-15-9-14(16-7-4-8-18(26)24(16)17)10-23(11-15)20-22-21-19(27-20)13-5-2-1-3-6-13/h1-3,5-6,14-17,25H,4,7-12H2/t14-,15+,16+,17+/m1/s1. The van der Waals surface area contributed by atoms with Crippen molar-refractivity contribution in [3.8, 4) is 10.6 Å². The lowest BCUT2D eigenvalue weighted by molar-refractivity contribution is -0.150. The summed E-state index contributed by atoms with van der Waals surface area (Å²) in [7, 11) is 0. The Morgan fingerprint density at radius 2 is 1.96 bits per heavy atom. The van der Waals surface area contributed by atoms with Crippen LogP contribution in [0.4, 0.5) is 5.13 Å². The van der Waals surface area contributed by atoms with E-state index < -0.39 is 0 Å². The third-order valence-electron chi connectivity index (χ3n) is 6.39. The molecule has 0 spiro atoms. The van der Waals surface area contributed by atoms with Gasteiger partial charge in [0.25, 0.3) is 0 Å². The Morgan fingerprint density at radius 3 is 2.78 bits per heavy atom. The molecule has 4 atom stereocenters. The predicted octanol–water partition coefficient (Wildman–Crippen LogP) is 2.40. The summed E-state index contributed by atoms with van der Waals surface area (Å²) in [5.74, 6) is 0.992. The first kappa shape index (κ1) is 17.1. The number of nitrogens with zero attached hydrogens (tertiary/aromatic N) is 4. The van der Waals surface area contributed by atoms with Crippen LogP contribution in [0.3, 0.4) is 0 Å². The first-order valence-corrected chi connectivity index (χ1v) is 10.6. The number of piperidine rings is 3. The Balaban J connectivity index is 1.41. The number of carbonyl (C=O) groups excluding carboxylic acids is 1.